The van der Waals surface area contributed by atoms with E-state index < -0.39 is 0 Å². The molecule has 0 aromatic heterocycles. The van der Waals surface area contributed by atoms with Crippen molar-refractivity contribution in [2.75, 3.05) is 39.4 Å². The fourth-order valence-corrected chi connectivity index (χ4v) is 3.76. The van der Waals surface area contributed by atoms with Crippen LogP contribution >= 0.6 is 11.6 Å². The van der Waals surface area contributed by atoms with Gasteiger partial charge in [0.05, 0.1) is 0 Å². The molecule has 0 aliphatic carbocycles. The molecule has 2 aliphatic rings. The lowest BCUT2D eigenvalue weighted by atomic mass is 9.85. The van der Waals surface area contributed by atoms with E-state index in [1.165, 1.54) is 5.56 Å². The van der Waals surface area contributed by atoms with Crippen LogP contribution in [0.25, 0.3) is 0 Å². The van der Waals surface area contributed by atoms with E-state index in [1.807, 2.05) is 0 Å². The molecule has 0 bridgehead atoms. The summed E-state index contributed by atoms with van der Waals surface area (Å²) in [5.74, 6) is 0.677. The number of aryl methyl sites for hydroxylation is 1. The van der Waals surface area contributed by atoms with Gasteiger partial charge in [-0.2, -0.15) is 0 Å². The smallest absolute Gasteiger partial charge is 0.0469 e. The highest BCUT2D eigenvalue weighted by Gasteiger charge is 2.31. The Balaban J connectivity index is 1.87. The second kappa shape index (κ2) is 7.10. The number of rotatable bonds is 3. The number of nitrogens with one attached hydrogen (secondary N) is 1. The van der Waals surface area contributed by atoms with Crippen LogP contribution in [-0.4, -0.2) is 44.3 Å². The second-order valence-corrected chi connectivity index (χ2v) is 6.60. The summed E-state index contributed by atoms with van der Waals surface area (Å²) >= 11 is 6.38. The van der Waals surface area contributed by atoms with Crippen LogP contribution in [0.1, 0.15) is 30.0 Å². The predicted octanol–water partition coefficient (Wildman–Crippen LogP) is 3.02. The standard InChI is InChI=1S/C17H25ClN2O/c1-13-2-3-15(12-16(13)18)17(14-4-10-21-11-5-14)20-8-6-19-7-9-20/h2-3,12,14,17,19H,4-11H2,1H3/t17-/m0/s1. The Morgan fingerprint density at radius 1 is 1.24 bits per heavy atom. The predicted molar refractivity (Wildman–Crippen MR) is 86.9 cm³/mol. The molecule has 0 amide bonds. The molecular weight excluding hydrogens is 284 g/mol. The first kappa shape index (κ1) is 15.3. The zero-order valence-electron chi connectivity index (χ0n) is 12.8. The van der Waals surface area contributed by atoms with Gasteiger partial charge in [0.1, 0.15) is 0 Å². The van der Waals surface area contributed by atoms with Crippen molar-refractivity contribution < 1.29 is 4.74 Å². The lowest BCUT2D eigenvalue weighted by Gasteiger charge is -2.41. The fourth-order valence-electron chi connectivity index (χ4n) is 3.57. The summed E-state index contributed by atoms with van der Waals surface area (Å²) in [6.07, 6.45) is 2.31. The molecule has 2 fully saturated rings. The van der Waals surface area contributed by atoms with Gasteiger partial charge < -0.3 is 10.1 Å². The first-order valence-corrected chi connectivity index (χ1v) is 8.42. The molecule has 0 radical (unpaired) electrons. The zero-order chi connectivity index (χ0) is 14.7. The maximum Gasteiger partial charge on any atom is 0.0469 e. The summed E-state index contributed by atoms with van der Waals surface area (Å²) in [6, 6.07) is 7.09. The highest BCUT2D eigenvalue weighted by atomic mass is 35.5. The van der Waals surface area contributed by atoms with E-state index in [2.05, 4.69) is 35.3 Å². The van der Waals surface area contributed by atoms with Crippen LogP contribution in [0.2, 0.25) is 5.02 Å². The molecule has 1 aromatic rings. The third kappa shape index (κ3) is 3.59. The minimum atomic E-state index is 0.481. The van der Waals surface area contributed by atoms with E-state index in [1.54, 1.807) is 0 Å². The first-order valence-electron chi connectivity index (χ1n) is 8.04. The largest absolute Gasteiger partial charge is 0.381 e. The molecule has 3 rings (SSSR count). The number of nitrogens with zero attached hydrogens (tertiary/aromatic N) is 1. The van der Waals surface area contributed by atoms with Crippen molar-refractivity contribution in [1.29, 1.82) is 0 Å². The third-order valence-corrected chi connectivity index (χ3v) is 5.20. The van der Waals surface area contributed by atoms with E-state index in [9.17, 15) is 0 Å². The monoisotopic (exact) mass is 308 g/mol. The topological polar surface area (TPSA) is 24.5 Å². The molecule has 21 heavy (non-hydrogen) atoms. The van der Waals surface area contributed by atoms with E-state index in [0.29, 0.717) is 12.0 Å². The van der Waals surface area contributed by atoms with Gasteiger partial charge >= 0.3 is 0 Å². The van der Waals surface area contributed by atoms with E-state index in [4.69, 9.17) is 16.3 Å². The van der Waals surface area contributed by atoms with Crippen LogP contribution in [0, 0.1) is 12.8 Å². The van der Waals surface area contributed by atoms with Crippen LogP contribution in [0.5, 0.6) is 0 Å². The molecule has 0 saturated carbocycles. The maximum absolute atomic E-state index is 6.38. The number of benzene rings is 1. The van der Waals surface area contributed by atoms with Gasteiger partial charge in [-0.1, -0.05) is 23.7 Å². The quantitative estimate of drug-likeness (QED) is 0.929. The van der Waals surface area contributed by atoms with E-state index in [-0.39, 0.29) is 0 Å². The van der Waals surface area contributed by atoms with Crippen molar-refractivity contribution in [3.63, 3.8) is 0 Å². The van der Waals surface area contributed by atoms with Gasteiger partial charge in [0.25, 0.3) is 0 Å². The molecule has 1 aromatic carbocycles. The molecule has 2 saturated heterocycles. The fraction of sp³-hybridized carbons (Fsp3) is 0.647. The van der Waals surface area contributed by atoms with E-state index in [0.717, 1.165) is 62.8 Å². The molecular formula is C17H25ClN2O. The van der Waals surface area contributed by atoms with E-state index >= 15 is 0 Å². The summed E-state index contributed by atoms with van der Waals surface area (Å²) in [6.45, 7) is 8.26. The molecule has 3 nitrogen and oxygen atoms in total. The summed E-state index contributed by atoms with van der Waals surface area (Å²) in [4.78, 5) is 2.63. The minimum absolute atomic E-state index is 0.481. The Kier molecular flexibility index (Phi) is 5.17. The Morgan fingerprint density at radius 3 is 2.62 bits per heavy atom. The van der Waals surface area contributed by atoms with Gasteiger partial charge in [0, 0.05) is 50.5 Å². The van der Waals surface area contributed by atoms with Crippen LogP contribution in [0.3, 0.4) is 0 Å². The average molecular weight is 309 g/mol. The van der Waals surface area contributed by atoms with Crippen molar-refractivity contribution in [3.05, 3.63) is 34.3 Å². The number of ether oxygens (including phenoxy) is 1. The highest BCUT2D eigenvalue weighted by molar-refractivity contribution is 6.31. The number of halogens is 1. The van der Waals surface area contributed by atoms with Crippen molar-refractivity contribution >= 4 is 11.6 Å². The normalized spacial score (nSPS) is 23.1. The summed E-state index contributed by atoms with van der Waals surface area (Å²) in [7, 11) is 0. The zero-order valence-corrected chi connectivity index (χ0v) is 13.5. The molecule has 1 N–H and O–H groups in total. The molecule has 1 atom stereocenters. The Hall–Kier alpha value is -0.610. The molecule has 0 unspecified atom stereocenters. The maximum atomic E-state index is 6.38. The van der Waals surface area contributed by atoms with Crippen LogP contribution in [0.15, 0.2) is 18.2 Å². The summed E-state index contributed by atoms with van der Waals surface area (Å²) in [5.41, 5.74) is 2.53. The van der Waals surface area contributed by atoms with Gasteiger partial charge in [0.15, 0.2) is 0 Å². The highest BCUT2D eigenvalue weighted by Crippen LogP contribution is 2.36. The minimum Gasteiger partial charge on any atom is -0.381 e. The van der Waals surface area contributed by atoms with Crippen molar-refractivity contribution in [2.24, 2.45) is 5.92 Å². The average Bonchev–Trinajstić information content (AvgIpc) is 2.53. The molecule has 4 heteroatoms. The Labute approximate surface area is 132 Å². The van der Waals surface area contributed by atoms with Crippen molar-refractivity contribution in [3.8, 4) is 0 Å². The van der Waals surface area contributed by atoms with Gasteiger partial charge in [-0.05, 0) is 42.9 Å². The number of hydrogen-bond acceptors (Lipinski definition) is 3. The van der Waals surface area contributed by atoms with Crippen molar-refractivity contribution in [2.45, 2.75) is 25.8 Å². The lowest BCUT2D eigenvalue weighted by Crippen LogP contribution is -2.47. The van der Waals surface area contributed by atoms with Crippen LogP contribution in [0.4, 0.5) is 0 Å². The van der Waals surface area contributed by atoms with Gasteiger partial charge in [-0.15, -0.1) is 0 Å². The molecule has 116 valence electrons. The van der Waals surface area contributed by atoms with Gasteiger partial charge in [-0.25, -0.2) is 0 Å². The molecule has 2 aliphatic heterocycles. The number of piperazine rings is 1. The Bertz CT molecular complexity index is 450. The van der Waals surface area contributed by atoms with Crippen LogP contribution < -0.4 is 5.32 Å². The number of hydrogen-bond donors (Lipinski definition) is 1. The molecule has 2 heterocycles. The lowest BCUT2D eigenvalue weighted by molar-refractivity contribution is 0.0213. The summed E-state index contributed by atoms with van der Waals surface area (Å²) in [5, 5.41) is 4.34. The van der Waals surface area contributed by atoms with Gasteiger partial charge in [0.2, 0.25) is 0 Å². The van der Waals surface area contributed by atoms with Crippen molar-refractivity contribution in [1.82, 2.24) is 10.2 Å². The summed E-state index contributed by atoms with van der Waals surface area (Å²) < 4.78 is 5.56. The molecule has 0 spiro atoms. The third-order valence-electron chi connectivity index (χ3n) is 4.79. The van der Waals surface area contributed by atoms with Crippen LogP contribution in [-0.2, 0) is 4.74 Å². The first-order chi connectivity index (χ1) is 10.3. The Morgan fingerprint density at radius 2 is 1.95 bits per heavy atom. The second-order valence-electron chi connectivity index (χ2n) is 6.19. The van der Waals surface area contributed by atoms with Gasteiger partial charge in [-0.3, -0.25) is 4.90 Å². The SMILES string of the molecule is Cc1ccc([C@H](C2CCOCC2)N2CCNCC2)cc1Cl.